The average molecular weight is 348 g/mol. The predicted octanol–water partition coefficient (Wildman–Crippen LogP) is 3.67. The number of aryl methyl sites for hydroxylation is 2. The van der Waals surface area contributed by atoms with E-state index in [0.29, 0.717) is 17.0 Å². The Morgan fingerprint density at radius 2 is 1.77 bits per heavy atom. The Kier molecular flexibility index (Phi) is 6.29. The monoisotopic (exact) mass is 348 g/mol. The van der Waals surface area contributed by atoms with E-state index < -0.39 is 17.6 Å². The molecular weight excluding hydrogens is 328 g/mol. The number of ketones is 1. The third kappa shape index (κ3) is 4.37. The molecule has 0 aliphatic carbocycles. The number of hydrogen-bond acceptors (Lipinski definition) is 4. The smallest absolute Gasteiger partial charge is 0.249 e. The van der Waals surface area contributed by atoms with Crippen molar-refractivity contribution in [3.8, 4) is 11.8 Å². The number of benzene rings is 2. The van der Waals surface area contributed by atoms with Gasteiger partial charge in [-0.25, -0.2) is 0 Å². The highest BCUT2D eigenvalue weighted by Crippen LogP contribution is 2.21. The second kappa shape index (κ2) is 8.63. The van der Waals surface area contributed by atoms with Crippen molar-refractivity contribution in [2.75, 3.05) is 12.4 Å². The molecule has 1 N–H and O–H groups in total. The summed E-state index contributed by atoms with van der Waals surface area (Å²) in [6.07, 6.45) is 2.77. The Morgan fingerprint density at radius 3 is 2.38 bits per heavy atom. The van der Waals surface area contributed by atoms with Crippen LogP contribution in [0.25, 0.3) is 6.08 Å². The lowest BCUT2D eigenvalue weighted by molar-refractivity contribution is -0.126. The number of nitrogens with one attached hydrogen (secondary N) is 1. The highest BCUT2D eigenvalue weighted by Gasteiger charge is 2.25. The Bertz CT molecular complexity index is 874. The first-order valence-electron chi connectivity index (χ1n) is 8.09. The van der Waals surface area contributed by atoms with Crippen LogP contribution in [0.1, 0.15) is 16.7 Å². The van der Waals surface area contributed by atoms with Gasteiger partial charge in [-0.05, 0) is 43.2 Å². The van der Waals surface area contributed by atoms with E-state index in [-0.39, 0.29) is 0 Å². The number of carbonyl (C=O) groups excluding carboxylic acids is 2. The van der Waals surface area contributed by atoms with Gasteiger partial charge in [0.15, 0.2) is 11.7 Å². The summed E-state index contributed by atoms with van der Waals surface area (Å²) in [6.45, 7) is 3.71. The van der Waals surface area contributed by atoms with Crippen LogP contribution in [0.15, 0.2) is 48.5 Å². The molecule has 0 saturated carbocycles. The molecule has 0 saturated heterocycles. The molecule has 1 amide bonds. The van der Waals surface area contributed by atoms with E-state index in [0.717, 1.165) is 11.1 Å². The van der Waals surface area contributed by atoms with Gasteiger partial charge in [0.1, 0.15) is 5.75 Å². The van der Waals surface area contributed by atoms with Gasteiger partial charge in [-0.2, -0.15) is 5.26 Å². The van der Waals surface area contributed by atoms with Crippen LogP contribution in [0.5, 0.6) is 5.75 Å². The van der Waals surface area contributed by atoms with Crippen molar-refractivity contribution in [1.29, 1.82) is 5.26 Å². The van der Waals surface area contributed by atoms with Crippen LogP contribution in [0, 0.1) is 31.1 Å². The van der Waals surface area contributed by atoms with Crippen LogP contribution < -0.4 is 10.1 Å². The minimum Gasteiger partial charge on any atom is -0.496 e. The first-order chi connectivity index (χ1) is 12.5. The molecule has 1 unspecified atom stereocenters. The molecule has 132 valence electrons. The van der Waals surface area contributed by atoms with Crippen molar-refractivity contribution in [2.24, 2.45) is 5.92 Å². The van der Waals surface area contributed by atoms with Crippen LogP contribution in [0.3, 0.4) is 0 Å². The largest absolute Gasteiger partial charge is 0.496 e. The Labute approximate surface area is 152 Å². The summed E-state index contributed by atoms with van der Waals surface area (Å²) in [5.41, 5.74) is 3.05. The molecule has 0 heterocycles. The lowest BCUT2D eigenvalue weighted by Crippen LogP contribution is -2.28. The zero-order valence-electron chi connectivity index (χ0n) is 14.9. The van der Waals surface area contributed by atoms with E-state index in [9.17, 15) is 14.9 Å². The van der Waals surface area contributed by atoms with Crippen LogP contribution >= 0.6 is 0 Å². The number of hydrogen-bond donors (Lipinski definition) is 1. The van der Waals surface area contributed by atoms with Gasteiger partial charge in [-0.1, -0.05) is 36.4 Å². The molecule has 26 heavy (non-hydrogen) atoms. The number of anilines is 1. The standard InChI is InChI=1S/C21H20N2O3/c1-14-7-6-8-15(2)20(14)23-21(25)17(13-22)18(24)12-11-16-9-4-5-10-19(16)26-3/h4-12,17H,1-3H3,(H,23,25). The molecule has 0 spiro atoms. The van der Waals surface area contributed by atoms with E-state index in [4.69, 9.17) is 4.74 Å². The molecule has 0 aromatic heterocycles. The molecule has 2 aromatic carbocycles. The van der Waals surface area contributed by atoms with Crippen molar-refractivity contribution >= 4 is 23.5 Å². The number of methoxy groups -OCH3 is 1. The van der Waals surface area contributed by atoms with Crippen molar-refractivity contribution in [2.45, 2.75) is 13.8 Å². The predicted molar refractivity (Wildman–Crippen MR) is 101 cm³/mol. The summed E-state index contributed by atoms with van der Waals surface area (Å²) in [7, 11) is 1.53. The number of nitriles is 1. The summed E-state index contributed by atoms with van der Waals surface area (Å²) in [5, 5.41) is 12.0. The van der Waals surface area contributed by atoms with Gasteiger partial charge in [0.05, 0.1) is 13.2 Å². The molecule has 0 aliphatic heterocycles. The Hall–Kier alpha value is -3.39. The van der Waals surface area contributed by atoms with E-state index in [1.807, 2.05) is 44.2 Å². The first kappa shape index (κ1) is 18.9. The second-order valence-corrected chi connectivity index (χ2v) is 5.80. The first-order valence-corrected chi connectivity index (χ1v) is 8.09. The second-order valence-electron chi connectivity index (χ2n) is 5.80. The van der Waals surface area contributed by atoms with Crippen molar-refractivity contribution in [3.05, 3.63) is 65.2 Å². The fraction of sp³-hybridized carbons (Fsp3) is 0.190. The van der Waals surface area contributed by atoms with Gasteiger partial charge in [0.25, 0.3) is 0 Å². The van der Waals surface area contributed by atoms with Gasteiger partial charge in [0.2, 0.25) is 5.91 Å². The van der Waals surface area contributed by atoms with Crippen LogP contribution in [-0.2, 0) is 9.59 Å². The quantitative estimate of drug-likeness (QED) is 0.638. The van der Waals surface area contributed by atoms with Crippen molar-refractivity contribution in [3.63, 3.8) is 0 Å². The van der Waals surface area contributed by atoms with Gasteiger partial charge < -0.3 is 10.1 Å². The van der Waals surface area contributed by atoms with Crippen LogP contribution in [-0.4, -0.2) is 18.8 Å². The number of allylic oxidation sites excluding steroid dienone is 1. The average Bonchev–Trinajstić information content (AvgIpc) is 2.64. The topological polar surface area (TPSA) is 79.2 Å². The van der Waals surface area contributed by atoms with Gasteiger partial charge >= 0.3 is 0 Å². The van der Waals surface area contributed by atoms with Crippen LogP contribution in [0.2, 0.25) is 0 Å². The highest BCUT2D eigenvalue weighted by molar-refractivity contribution is 6.14. The lowest BCUT2D eigenvalue weighted by atomic mass is 10.0. The molecule has 5 heteroatoms. The molecule has 2 rings (SSSR count). The van der Waals surface area contributed by atoms with Crippen LogP contribution in [0.4, 0.5) is 5.69 Å². The minimum atomic E-state index is -1.42. The van der Waals surface area contributed by atoms with Crippen molar-refractivity contribution < 1.29 is 14.3 Å². The summed E-state index contributed by atoms with van der Waals surface area (Å²) >= 11 is 0. The molecule has 5 nitrogen and oxygen atoms in total. The van der Waals surface area contributed by atoms with Gasteiger partial charge in [-0.15, -0.1) is 0 Å². The number of para-hydroxylation sites is 2. The molecule has 1 atom stereocenters. The summed E-state index contributed by atoms with van der Waals surface area (Å²) in [5.74, 6) is -2.04. The SMILES string of the molecule is COc1ccccc1C=CC(=O)C(C#N)C(=O)Nc1c(C)cccc1C. The molecule has 0 radical (unpaired) electrons. The summed E-state index contributed by atoms with van der Waals surface area (Å²) < 4.78 is 5.21. The molecule has 0 aliphatic rings. The number of rotatable bonds is 6. The summed E-state index contributed by atoms with van der Waals surface area (Å²) in [4.78, 5) is 24.7. The zero-order valence-corrected chi connectivity index (χ0v) is 14.9. The third-order valence-corrected chi connectivity index (χ3v) is 3.97. The maximum absolute atomic E-state index is 12.4. The van der Waals surface area contributed by atoms with E-state index in [2.05, 4.69) is 5.32 Å². The maximum Gasteiger partial charge on any atom is 0.249 e. The molecule has 2 aromatic rings. The number of carbonyl (C=O) groups is 2. The van der Waals surface area contributed by atoms with E-state index in [1.165, 1.54) is 19.3 Å². The fourth-order valence-electron chi connectivity index (χ4n) is 2.53. The lowest BCUT2D eigenvalue weighted by Gasteiger charge is -2.13. The molecule has 0 fully saturated rings. The Balaban J connectivity index is 2.17. The maximum atomic E-state index is 12.4. The number of ether oxygens (including phenoxy) is 1. The fourth-order valence-corrected chi connectivity index (χ4v) is 2.53. The van der Waals surface area contributed by atoms with Crippen molar-refractivity contribution in [1.82, 2.24) is 0 Å². The third-order valence-electron chi connectivity index (χ3n) is 3.97. The Morgan fingerprint density at radius 1 is 1.12 bits per heavy atom. The molecular formula is C21H20N2O3. The number of amides is 1. The normalized spacial score (nSPS) is 11.6. The van der Waals surface area contributed by atoms with E-state index >= 15 is 0 Å². The van der Waals surface area contributed by atoms with E-state index in [1.54, 1.807) is 18.2 Å². The minimum absolute atomic E-state index is 0.581. The van der Waals surface area contributed by atoms with Gasteiger partial charge in [-0.3, -0.25) is 9.59 Å². The highest BCUT2D eigenvalue weighted by atomic mass is 16.5. The van der Waals surface area contributed by atoms with Gasteiger partial charge in [0, 0.05) is 11.3 Å². The molecule has 0 bridgehead atoms. The summed E-state index contributed by atoms with van der Waals surface area (Å²) in [6, 6.07) is 14.5. The number of nitrogens with zero attached hydrogens (tertiary/aromatic N) is 1. The zero-order chi connectivity index (χ0) is 19.1.